The third-order valence-electron chi connectivity index (χ3n) is 4.14. The van der Waals surface area contributed by atoms with E-state index in [1.165, 1.54) is 26.1 Å². The number of hydrogen-bond donors (Lipinski definition) is 4. The summed E-state index contributed by atoms with van der Waals surface area (Å²) in [6.07, 6.45) is 1.60. The maximum atomic E-state index is 13.8. The number of nitrogens with zero attached hydrogens (tertiary/aromatic N) is 1. The average molecular weight is 360 g/mol. The van der Waals surface area contributed by atoms with Crippen LogP contribution in [0, 0.1) is 0 Å². The summed E-state index contributed by atoms with van der Waals surface area (Å²) in [5.41, 5.74) is -0.890. The molecule has 2 rings (SSSR count). The van der Waals surface area contributed by atoms with Crippen molar-refractivity contribution < 1.29 is 19.4 Å². The summed E-state index contributed by atoms with van der Waals surface area (Å²) in [5.74, 6) is -0.527. The molecule has 1 aromatic rings. The highest BCUT2D eigenvalue weighted by Crippen LogP contribution is 2.26. The lowest BCUT2D eigenvalue weighted by Gasteiger charge is -2.23. The molecule has 24 heavy (non-hydrogen) atoms. The van der Waals surface area contributed by atoms with Gasteiger partial charge in [-0.2, -0.15) is 0 Å². The monoisotopic (exact) mass is 359 g/mol. The van der Waals surface area contributed by atoms with Gasteiger partial charge in [-0.05, 0) is 39.2 Å². The van der Waals surface area contributed by atoms with Crippen molar-refractivity contribution in [3.8, 4) is 0 Å². The van der Waals surface area contributed by atoms with E-state index in [-0.39, 0.29) is 23.3 Å². The summed E-state index contributed by atoms with van der Waals surface area (Å²) in [4.78, 5) is 16.2. The third-order valence-corrected chi connectivity index (χ3v) is 4.35. The van der Waals surface area contributed by atoms with Gasteiger partial charge in [-0.25, -0.2) is 9.37 Å². The van der Waals surface area contributed by atoms with E-state index in [9.17, 15) is 19.4 Å². The molecule has 0 aliphatic heterocycles. The Kier molecular flexibility index (Phi) is 6.01. The highest BCUT2D eigenvalue weighted by atomic mass is 35.5. The molecule has 1 heterocycles. The predicted molar refractivity (Wildman–Crippen MR) is 90.0 cm³/mol. The van der Waals surface area contributed by atoms with Gasteiger partial charge in [0.25, 0.3) is 5.91 Å². The molecule has 1 aliphatic carbocycles. The number of hydrogen-bond acceptors (Lipinski definition) is 5. The third kappa shape index (κ3) is 4.78. The van der Waals surface area contributed by atoms with Crippen LogP contribution in [0.3, 0.4) is 0 Å². The van der Waals surface area contributed by atoms with Gasteiger partial charge in [0, 0.05) is 6.20 Å². The fourth-order valence-corrected chi connectivity index (χ4v) is 2.72. The molecular weight excluding hydrogens is 337 g/mol. The molecule has 6 nitrogen and oxygen atoms in total. The predicted octanol–water partition coefficient (Wildman–Crippen LogP) is 1.90. The molecular formula is C16H23ClFN3O3. The molecule has 0 saturated heterocycles. The van der Waals surface area contributed by atoms with E-state index >= 15 is 0 Å². The fraction of sp³-hybridized carbons (Fsp3) is 0.625. The molecule has 1 aliphatic rings. The second-order valence-electron chi connectivity index (χ2n) is 6.63. The maximum Gasteiger partial charge on any atom is 0.255 e. The Balaban J connectivity index is 2.09. The molecule has 0 bridgehead atoms. The van der Waals surface area contributed by atoms with Crippen molar-refractivity contribution in [1.82, 2.24) is 10.3 Å². The maximum absolute atomic E-state index is 13.8. The van der Waals surface area contributed by atoms with Crippen LogP contribution in [0.1, 0.15) is 43.5 Å². The molecule has 0 radical (unpaired) electrons. The first-order valence-corrected chi connectivity index (χ1v) is 8.31. The van der Waals surface area contributed by atoms with Gasteiger partial charge < -0.3 is 20.8 Å². The second kappa shape index (κ2) is 7.63. The van der Waals surface area contributed by atoms with Gasteiger partial charge in [-0.1, -0.05) is 11.6 Å². The van der Waals surface area contributed by atoms with Crippen LogP contribution in [0.15, 0.2) is 12.3 Å². The van der Waals surface area contributed by atoms with Crippen LogP contribution >= 0.6 is 11.6 Å². The van der Waals surface area contributed by atoms with E-state index in [2.05, 4.69) is 15.6 Å². The number of aromatic nitrogens is 1. The Morgan fingerprint density at radius 1 is 1.54 bits per heavy atom. The summed E-state index contributed by atoms with van der Waals surface area (Å²) in [5, 5.41) is 25.3. The standard InChI is InChI=1S/C16H23ClFN3O3/c1-16(2,24)13(18)8-20-15(23)9-7-19-14(17)6-11(9)21-10-4-3-5-12(10)22/h6-7,10,12-13,22,24H,3-5,8H2,1-2H3,(H,19,21)(H,20,23). The number of rotatable bonds is 6. The first kappa shape index (κ1) is 18.9. The smallest absolute Gasteiger partial charge is 0.255 e. The number of aliphatic hydroxyl groups excluding tert-OH is 1. The zero-order valence-electron chi connectivity index (χ0n) is 13.7. The molecule has 3 atom stereocenters. The lowest BCUT2D eigenvalue weighted by molar-refractivity contribution is -0.00177. The van der Waals surface area contributed by atoms with Gasteiger partial charge in [-0.3, -0.25) is 4.79 Å². The van der Waals surface area contributed by atoms with E-state index < -0.39 is 23.8 Å². The van der Waals surface area contributed by atoms with E-state index in [0.717, 1.165) is 12.8 Å². The Morgan fingerprint density at radius 2 is 2.25 bits per heavy atom. The van der Waals surface area contributed by atoms with Gasteiger partial charge in [0.05, 0.1) is 35.5 Å². The van der Waals surface area contributed by atoms with Crippen LogP contribution in [0.2, 0.25) is 5.15 Å². The quantitative estimate of drug-likeness (QED) is 0.582. The van der Waals surface area contributed by atoms with Crippen molar-refractivity contribution in [3.05, 3.63) is 23.0 Å². The van der Waals surface area contributed by atoms with E-state index in [1.54, 1.807) is 0 Å². The number of carbonyl (C=O) groups excluding carboxylic acids is 1. The Labute approximate surface area is 145 Å². The first-order chi connectivity index (χ1) is 11.2. The van der Waals surface area contributed by atoms with Crippen LogP contribution in [0.4, 0.5) is 10.1 Å². The van der Waals surface area contributed by atoms with Crippen LogP contribution in [0.25, 0.3) is 0 Å². The number of aliphatic hydroxyl groups is 2. The molecule has 3 unspecified atom stereocenters. The van der Waals surface area contributed by atoms with Crippen molar-refractivity contribution in [2.24, 2.45) is 0 Å². The summed E-state index contributed by atoms with van der Waals surface area (Å²) in [6.45, 7) is 2.35. The van der Waals surface area contributed by atoms with Crippen LogP contribution in [0.5, 0.6) is 0 Å². The second-order valence-corrected chi connectivity index (χ2v) is 7.02. The summed E-state index contributed by atoms with van der Waals surface area (Å²) in [7, 11) is 0. The Bertz CT molecular complexity index is 594. The molecule has 134 valence electrons. The van der Waals surface area contributed by atoms with Gasteiger partial charge in [-0.15, -0.1) is 0 Å². The van der Waals surface area contributed by atoms with Crippen LogP contribution < -0.4 is 10.6 Å². The molecule has 1 aromatic heterocycles. The van der Waals surface area contributed by atoms with Gasteiger partial charge in [0.2, 0.25) is 0 Å². The number of halogens is 2. The molecule has 1 fully saturated rings. The zero-order chi connectivity index (χ0) is 17.9. The zero-order valence-corrected chi connectivity index (χ0v) is 14.5. The van der Waals surface area contributed by atoms with Crippen molar-refractivity contribution in [1.29, 1.82) is 0 Å². The largest absolute Gasteiger partial charge is 0.391 e. The summed E-state index contributed by atoms with van der Waals surface area (Å²) >= 11 is 5.89. The van der Waals surface area contributed by atoms with Crippen LogP contribution in [-0.4, -0.2) is 51.6 Å². The molecule has 1 saturated carbocycles. The average Bonchev–Trinajstić information content (AvgIpc) is 2.89. The van der Waals surface area contributed by atoms with E-state index in [4.69, 9.17) is 11.6 Å². The Morgan fingerprint density at radius 3 is 2.83 bits per heavy atom. The number of nitrogens with one attached hydrogen (secondary N) is 2. The van der Waals surface area contributed by atoms with Crippen molar-refractivity contribution in [2.75, 3.05) is 11.9 Å². The normalized spacial score (nSPS) is 22.2. The number of amides is 1. The minimum atomic E-state index is -1.60. The molecule has 0 spiro atoms. The van der Waals surface area contributed by atoms with Gasteiger partial charge >= 0.3 is 0 Å². The van der Waals surface area contributed by atoms with Crippen LogP contribution in [-0.2, 0) is 0 Å². The fourth-order valence-electron chi connectivity index (χ4n) is 2.57. The highest BCUT2D eigenvalue weighted by Gasteiger charge is 2.28. The number of alkyl halides is 1. The topological polar surface area (TPSA) is 94.5 Å². The minimum absolute atomic E-state index is 0.166. The number of pyridine rings is 1. The van der Waals surface area contributed by atoms with Crippen molar-refractivity contribution in [2.45, 2.75) is 57.0 Å². The van der Waals surface area contributed by atoms with E-state index in [1.807, 2.05) is 0 Å². The lowest BCUT2D eigenvalue weighted by atomic mass is 10.0. The lowest BCUT2D eigenvalue weighted by Crippen LogP contribution is -2.42. The summed E-state index contributed by atoms with van der Waals surface area (Å²) < 4.78 is 13.8. The first-order valence-electron chi connectivity index (χ1n) is 7.93. The Hall–Kier alpha value is -1.44. The molecule has 8 heteroatoms. The van der Waals surface area contributed by atoms with Crippen molar-refractivity contribution >= 4 is 23.2 Å². The van der Waals surface area contributed by atoms with Gasteiger partial charge in [0.1, 0.15) is 11.3 Å². The number of carbonyl (C=O) groups is 1. The molecule has 0 aromatic carbocycles. The summed E-state index contributed by atoms with van der Waals surface area (Å²) in [6, 6.07) is 1.34. The SMILES string of the molecule is CC(C)(O)C(F)CNC(=O)c1cnc(Cl)cc1NC1CCCC1O. The molecule has 1 amide bonds. The van der Waals surface area contributed by atoms with E-state index in [0.29, 0.717) is 12.1 Å². The van der Waals surface area contributed by atoms with Crippen molar-refractivity contribution in [3.63, 3.8) is 0 Å². The highest BCUT2D eigenvalue weighted by molar-refractivity contribution is 6.29. The molecule has 4 N–H and O–H groups in total. The minimum Gasteiger partial charge on any atom is -0.391 e. The van der Waals surface area contributed by atoms with Gasteiger partial charge in [0.15, 0.2) is 0 Å². The number of anilines is 1.